The predicted molar refractivity (Wildman–Crippen MR) is 131 cm³/mol. The third-order valence-corrected chi connectivity index (χ3v) is 6.20. The summed E-state index contributed by atoms with van der Waals surface area (Å²) in [6.07, 6.45) is 2.88. The lowest BCUT2D eigenvalue weighted by atomic mass is 9.87. The fraction of sp³-hybridized carbons (Fsp3) is 0.321. The van der Waals surface area contributed by atoms with Crippen molar-refractivity contribution < 1.29 is 14.3 Å². The van der Waals surface area contributed by atoms with Gasteiger partial charge in [0.2, 0.25) is 5.91 Å². The first-order chi connectivity index (χ1) is 16.6. The Hall–Kier alpha value is -3.67. The van der Waals surface area contributed by atoms with E-state index in [-0.39, 0.29) is 17.9 Å². The minimum atomic E-state index is -0.617. The zero-order valence-electron chi connectivity index (χ0n) is 19.7. The van der Waals surface area contributed by atoms with Crippen molar-refractivity contribution in [3.05, 3.63) is 95.3 Å². The number of carbonyl (C=O) groups excluding carboxylic acids is 2. The van der Waals surface area contributed by atoms with Crippen LogP contribution in [0.5, 0.6) is 5.75 Å². The van der Waals surface area contributed by atoms with E-state index < -0.39 is 6.10 Å². The van der Waals surface area contributed by atoms with Crippen LogP contribution in [0.4, 0.5) is 0 Å². The number of carbonyl (C=O) groups is 2. The van der Waals surface area contributed by atoms with Gasteiger partial charge in [-0.3, -0.25) is 14.6 Å². The Balaban J connectivity index is 1.56. The number of amides is 2. The van der Waals surface area contributed by atoms with Crippen molar-refractivity contribution in [3.63, 3.8) is 0 Å². The number of hydrogen-bond donors (Lipinski definition) is 1. The van der Waals surface area contributed by atoms with E-state index in [0.717, 1.165) is 23.2 Å². The van der Waals surface area contributed by atoms with Gasteiger partial charge >= 0.3 is 0 Å². The molecule has 2 amide bonds. The topological polar surface area (TPSA) is 71.5 Å². The molecule has 1 aliphatic rings. The van der Waals surface area contributed by atoms with Gasteiger partial charge in [-0.15, -0.1) is 0 Å². The first kappa shape index (κ1) is 23.5. The third-order valence-electron chi connectivity index (χ3n) is 6.20. The van der Waals surface area contributed by atoms with Gasteiger partial charge in [0.1, 0.15) is 5.75 Å². The smallest absolute Gasteiger partial charge is 0.261 e. The van der Waals surface area contributed by atoms with Crippen LogP contribution in [0.1, 0.15) is 55.1 Å². The maximum atomic E-state index is 12.8. The Morgan fingerprint density at radius 3 is 2.59 bits per heavy atom. The molecule has 0 saturated heterocycles. The second kappa shape index (κ2) is 11.0. The molecule has 3 aromatic rings. The third kappa shape index (κ3) is 5.28. The highest BCUT2D eigenvalue weighted by Crippen LogP contribution is 2.37. The van der Waals surface area contributed by atoms with Crippen LogP contribution >= 0.6 is 0 Å². The second-order valence-electron chi connectivity index (χ2n) is 8.42. The van der Waals surface area contributed by atoms with Crippen molar-refractivity contribution in [2.24, 2.45) is 0 Å². The van der Waals surface area contributed by atoms with Crippen LogP contribution in [0, 0.1) is 0 Å². The zero-order valence-corrected chi connectivity index (χ0v) is 19.7. The standard InChI is InChI=1S/C28H31N3O3/c1-3-25(28(33)30-19-22-12-8-9-16-29-22)34-23-14-13-20-15-17-31(26(32)4-2)27(24(20)18-23)21-10-6-5-7-11-21/h5-14,16,18,25,27H,3-4,15,17,19H2,1-2H3,(H,30,33). The van der Waals surface area contributed by atoms with Crippen LogP contribution < -0.4 is 10.1 Å². The van der Waals surface area contributed by atoms with Crippen LogP contribution in [-0.4, -0.2) is 34.3 Å². The molecule has 2 heterocycles. The lowest BCUT2D eigenvalue weighted by Crippen LogP contribution is -2.40. The van der Waals surface area contributed by atoms with E-state index in [0.29, 0.717) is 31.7 Å². The van der Waals surface area contributed by atoms with Crippen LogP contribution in [0.25, 0.3) is 0 Å². The first-order valence-electron chi connectivity index (χ1n) is 11.9. The van der Waals surface area contributed by atoms with Crippen molar-refractivity contribution in [1.82, 2.24) is 15.2 Å². The quantitative estimate of drug-likeness (QED) is 0.543. The minimum absolute atomic E-state index is 0.131. The molecule has 1 N–H and O–H groups in total. The normalized spacial score (nSPS) is 15.8. The number of nitrogens with one attached hydrogen (secondary N) is 1. The van der Waals surface area contributed by atoms with Crippen LogP contribution in [-0.2, 0) is 22.6 Å². The summed E-state index contributed by atoms with van der Waals surface area (Å²) >= 11 is 0. The molecule has 0 aliphatic carbocycles. The molecule has 6 heteroatoms. The first-order valence-corrected chi connectivity index (χ1v) is 11.9. The Kier molecular flexibility index (Phi) is 7.58. The van der Waals surface area contributed by atoms with Gasteiger partial charge in [-0.25, -0.2) is 0 Å². The van der Waals surface area contributed by atoms with E-state index in [9.17, 15) is 9.59 Å². The van der Waals surface area contributed by atoms with Crippen molar-refractivity contribution in [2.45, 2.75) is 51.8 Å². The van der Waals surface area contributed by atoms with Crippen molar-refractivity contribution in [2.75, 3.05) is 6.54 Å². The van der Waals surface area contributed by atoms with Gasteiger partial charge in [-0.1, -0.05) is 56.3 Å². The molecule has 1 aromatic heterocycles. The summed E-state index contributed by atoms with van der Waals surface area (Å²) < 4.78 is 6.15. The average Bonchev–Trinajstić information content (AvgIpc) is 2.90. The number of ether oxygens (including phenoxy) is 1. The van der Waals surface area contributed by atoms with Crippen LogP contribution in [0.3, 0.4) is 0 Å². The van der Waals surface area contributed by atoms with E-state index >= 15 is 0 Å². The average molecular weight is 458 g/mol. The highest BCUT2D eigenvalue weighted by atomic mass is 16.5. The zero-order chi connectivity index (χ0) is 23.9. The number of nitrogens with zero attached hydrogens (tertiary/aromatic N) is 2. The van der Waals surface area contributed by atoms with Gasteiger partial charge in [0.15, 0.2) is 6.10 Å². The van der Waals surface area contributed by atoms with Gasteiger partial charge in [0.05, 0.1) is 18.3 Å². The van der Waals surface area contributed by atoms with Crippen molar-refractivity contribution in [3.8, 4) is 5.75 Å². The number of rotatable bonds is 8. The summed E-state index contributed by atoms with van der Waals surface area (Å²) in [6, 6.07) is 21.5. The van der Waals surface area contributed by atoms with Gasteiger partial charge in [0.25, 0.3) is 5.91 Å². The van der Waals surface area contributed by atoms with Gasteiger partial charge < -0.3 is 15.0 Å². The van der Waals surface area contributed by atoms with Crippen molar-refractivity contribution in [1.29, 1.82) is 0 Å². The molecule has 34 heavy (non-hydrogen) atoms. The fourth-order valence-corrected chi connectivity index (χ4v) is 4.41. The lowest BCUT2D eigenvalue weighted by molar-refractivity contribution is -0.133. The molecule has 0 fully saturated rings. The maximum Gasteiger partial charge on any atom is 0.261 e. The predicted octanol–water partition coefficient (Wildman–Crippen LogP) is 4.44. The van der Waals surface area contributed by atoms with E-state index in [1.54, 1.807) is 6.20 Å². The summed E-state index contributed by atoms with van der Waals surface area (Å²) in [7, 11) is 0. The SMILES string of the molecule is CCC(=O)N1CCc2ccc(OC(CC)C(=O)NCc3ccccn3)cc2C1c1ccccc1. The summed E-state index contributed by atoms with van der Waals surface area (Å²) in [5, 5.41) is 2.92. The largest absolute Gasteiger partial charge is 0.481 e. The monoisotopic (exact) mass is 457 g/mol. The molecular weight excluding hydrogens is 426 g/mol. The molecule has 176 valence electrons. The highest BCUT2D eigenvalue weighted by Gasteiger charge is 2.32. The molecule has 2 aromatic carbocycles. The van der Waals surface area contributed by atoms with Gasteiger partial charge in [0, 0.05) is 19.2 Å². The Labute approximate surface area is 201 Å². The Morgan fingerprint density at radius 2 is 1.88 bits per heavy atom. The molecule has 6 nitrogen and oxygen atoms in total. The number of pyridine rings is 1. The fourth-order valence-electron chi connectivity index (χ4n) is 4.41. The lowest BCUT2D eigenvalue weighted by Gasteiger charge is -2.38. The maximum absolute atomic E-state index is 12.8. The molecule has 0 bridgehead atoms. The Bertz CT molecular complexity index is 1120. The summed E-state index contributed by atoms with van der Waals surface area (Å²) in [6.45, 7) is 4.87. The van der Waals surface area contributed by atoms with Crippen LogP contribution in [0.15, 0.2) is 72.9 Å². The van der Waals surface area contributed by atoms with Gasteiger partial charge in [-0.2, -0.15) is 0 Å². The second-order valence-corrected chi connectivity index (χ2v) is 8.42. The number of benzene rings is 2. The summed E-state index contributed by atoms with van der Waals surface area (Å²) in [5.74, 6) is 0.588. The Morgan fingerprint density at radius 1 is 1.09 bits per heavy atom. The molecule has 1 aliphatic heterocycles. The van der Waals surface area contributed by atoms with E-state index in [1.807, 2.05) is 67.3 Å². The molecule has 4 rings (SSSR count). The number of hydrogen-bond acceptors (Lipinski definition) is 4. The van der Waals surface area contributed by atoms with Gasteiger partial charge in [-0.05, 0) is 53.8 Å². The molecule has 2 unspecified atom stereocenters. The number of fused-ring (bicyclic) bond motifs is 1. The number of aromatic nitrogens is 1. The van der Waals surface area contributed by atoms with Crippen LogP contribution in [0.2, 0.25) is 0 Å². The molecule has 0 saturated carbocycles. The molecular formula is C28H31N3O3. The van der Waals surface area contributed by atoms with Crippen molar-refractivity contribution >= 4 is 11.8 Å². The van der Waals surface area contributed by atoms with E-state index in [1.165, 1.54) is 5.56 Å². The summed E-state index contributed by atoms with van der Waals surface area (Å²) in [4.78, 5) is 31.8. The van der Waals surface area contributed by atoms with E-state index in [4.69, 9.17) is 4.74 Å². The molecule has 2 atom stereocenters. The molecule has 0 spiro atoms. The summed E-state index contributed by atoms with van der Waals surface area (Å²) in [5.41, 5.74) is 4.13. The minimum Gasteiger partial charge on any atom is -0.481 e. The highest BCUT2D eigenvalue weighted by molar-refractivity contribution is 5.81. The van der Waals surface area contributed by atoms with E-state index in [2.05, 4.69) is 28.5 Å². The molecule has 0 radical (unpaired) electrons.